The summed E-state index contributed by atoms with van der Waals surface area (Å²) in [5.41, 5.74) is 0.356. The van der Waals surface area contributed by atoms with Gasteiger partial charge in [0.1, 0.15) is 5.69 Å². The fourth-order valence-corrected chi connectivity index (χ4v) is 0.689. The van der Waals surface area contributed by atoms with Gasteiger partial charge in [-0.25, -0.2) is 19.4 Å². The third kappa shape index (κ3) is 6.61. The first-order chi connectivity index (χ1) is 7.99. The second-order valence-electron chi connectivity index (χ2n) is 2.55. The van der Waals surface area contributed by atoms with E-state index in [-0.39, 0.29) is 5.97 Å². The van der Waals surface area contributed by atoms with Crippen LogP contribution >= 0.6 is 0 Å². The smallest absolute Gasteiger partial charge is 0.414 e. The molecule has 2 N–H and O–H groups in total. The van der Waals surface area contributed by atoms with Crippen LogP contribution < -0.4 is 0 Å². The van der Waals surface area contributed by atoms with Gasteiger partial charge in [0, 0.05) is 6.20 Å². The van der Waals surface area contributed by atoms with Crippen LogP contribution in [0.25, 0.3) is 0 Å². The van der Waals surface area contributed by atoms with Gasteiger partial charge in [-0.2, -0.15) is 0 Å². The maximum Gasteiger partial charge on any atom is 0.414 e. The Bertz CT molecular complexity index is 377. The summed E-state index contributed by atoms with van der Waals surface area (Å²) in [6.45, 7) is 2.15. The summed E-state index contributed by atoms with van der Waals surface area (Å²) in [6.07, 6.45) is 1.56. The van der Waals surface area contributed by atoms with Crippen molar-refractivity contribution < 1.29 is 29.3 Å². The fraction of sp³-hybridized carbons (Fsp3) is 0.200. The average molecular weight is 242 g/mol. The highest BCUT2D eigenvalue weighted by atomic mass is 16.5. The zero-order chi connectivity index (χ0) is 13.3. The van der Waals surface area contributed by atoms with Crippen LogP contribution in [0.1, 0.15) is 17.4 Å². The van der Waals surface area contributed by atoms with Crippen LogP contribution in [0.2, 0.25) is 0 Å². The predicted octanol–water partition coefficient (Wildman–Crippen LogP) is 0.414. The number of hydrogen-bond donors (Lipinski definition) is 2. The van der Waals surface area contributed by atoms with Gasteiger partial charge < -0.3 is 14.9 Å². The van der Waals surface area contributed by atoms with Crippen LogP contribution in [0, 0.1) is 0 Å². The molecule has 7 heteroatoms. The van der Waals surface area contributed by atoms with Crippen molar-refractivity contribution in [3.05, 3.63) is 30.1 Å². The molecular weight excluding hydrogens is 231 g/mol. The van der Waals surface area contributed by atoms with Gasteiger partial charge in [0.2, 0.25) is 0 Å². The van der Waals surface area contributed by atoms with Gasteiger partial charge in [0.25, 0.3) is 0 Å². The number of carbonyl (C=O) groups excluding carboxylic acids is 1. The summed E-state index contributed by atoms with van der Waals surface area (Å²) in [5, 5.41) is 14.8. The monoisotopic (exact) mass is 242 g/mol. The maximum absolute atomic E-state index is 11.0. The molecule has 1 rings (SSSR count). The van der Waals surface area contributed by atoms with Crippen molar-refractivity contribution in [3.63, 3.8) is 0 Å². The lowest BCUT2D eigenvalue weighted by molar-refractivity contribution is -0.159. The summed E-state index contributed by atoms with van der Waals surface area (Å²) in [4.78, 5) is 33.0. The number of esters is 1. The highest BCUT2D eigenvalue weighted by Crippen LogP contribution is 1.95. The minimum Gasteiger partial charge on any atom is -0.473 e. The number of rotatable bonds is 2. The lowest BCUT2D eigenvalue weighted by Crippen LogP contribution is -2.09. The first-order valence-electron chi connectivity index (χ1n) is 4.53. The predicted molar refractivity (Wildman–Crippen MR) is 55.5 cm³/mol. The van der Waals surface area contributed by atoms with E-state index in [0.29, 0.717) is 12.3 Å². The average Bonchev–Trinajstić information content (AvgIpc) is 2.31. The van der Waals surface area contributed by atoms with Crippen molar-refractivity contribution in [2.24, 2.45) is 0 Å². The molecule has 0 aliphatic carbocycles. The molecule has 7 nitrogen and oxygen atoms in total. The minimum atomic E-state index is -1.82. The molecule has 0 aromatic carbocycles. The number of aromatic nitrogens is 1. The lowest BCUT2D eigenvalue weighted by Gasteiger charge is -1.98. The number of pyridine rings is 1. The van der Waals surface area contributed by atoms with E-state index in [4.69, 9.17) is 24.5 Å². The molecule has 92 valence electrons. The van der Waals surface area contributed by atoms with E-state index >= 15 is 0 Å². The van der Waals surface area contributed by atoms with Crippen LogP contribution in [0.15, 0.2) is 24.4 Å². The van der Waals surface area contributed by atoms with Crippen molar-refractivity contribution in [1.82, 2.24) is 4.98 Å². The van der Waals surface area contributed by atoms with Gasteiger partial charge >= 0.3 is 17.9 Å². The Morgan fingerprint density at radius 1 is 1.24 bits per heavy atom. The molecule has 0 amide bonds. The summed E-state index contributed by atoms with van der Waals surface area (Å²) >= 11 is 0. The Morgan fingerprint density at radius 2 is 1.82 bits per heavy atom. The molecule has 0 radical (unpaired) electrons. The molecule has 17 heavy (non-hydrogen) atoms. The Kier molecular flexibility index (Phi) is 6.68. The van der Waals surface area contributed by atoms with E-state index in [1.54, 1.807) is 31.3 Å². The summed E-state index contributed by atoms with van der Waals surface area (Å²) in [7, 11) is 0. The van der Waals surface area contributed by atoms with Gasteiger partial charge in [0.15, 0.2) is 0 Å². The molecule has 0 spiro atoms. The molecule has 0 fully saturated rings. The number of carboxylic acid groups (broad SMARTS) is 2. The highest BCUT2D eigenvalue weighted by molar-refractivity contribution is 6.27. The maximum atomic E-state index is 11.0. The zero-order valence-electron chi connectivity index (χ0n) is 8.99. The third-order valence-electron chi connectivity index (χ3n) is 1.33. The zero-order valence-corrected chi connectivity index (χ0v) is 8.99. The number of aliphatic carboxylic acids is 2. The normalized spacial score (nSPS) is 8.53. The number of nitrogens with zero attached hydrogens (tertiary/aromatic N) is 1. The van der Waals surface area contributed by atoms with Crippen molar-refractivity contribution >= 4 is 17.9 Å². The molecule has 0 aliphatic rings. The number of carbonyl (C=O) groups is 3. The summed E-state index contributed by atoms with van der Waals surface area (Å²) in [5.74, 6) is -4.02. The third-order valence-corrected chi connectivity index (χ3v) is 1.33. The van der Waals surface area contributed by atoms with Gasteiger partial charge in [-0.05, 0) is 19.1 Å². The molecule has 0 saturated carbocycles. The number of carboxylic acids is 2. The fourth-order valence-electron chi connectivity index (χ4n) is 0.689. The van der Waals surface area contributed by atoms with Crippen LogP contribution in [0.4, 0.5) is 0 Å². The summed E-state index contributed by atoms with van der Waals surface area (Å²) in [6, 6.07) is 5.12. The minimum absolute atomic E-state index is 0.356. The van der Waals surface area contributed by atoms with E-state index in [1.807, 2.05) is 0 Å². The Morgan fingerprint density at radius 3 is 2.18 bits per heavy atom. The van der Waals surface area contributed by atoms with Crippen molar-refractivity contribution in [1.29, 1.82) is 0 Å². The molecule has 0 aliphatic heterocycles. The number of hydrogen-bond acceptors (Lipinski definition) is 5. The quantitative estimate of drug-likeness (QED) is 0.570. The van der Waals surface area contributed by atoms with Gasteiger partial charge in [0.05, 0.1) is 6.61 Å². The second-order valence-corrected chi connectivity index (χ2v) is 2.55. The first-order valence-corrected chi connectivity index (χ1v) is 4.53. The van der Waals surface area contributed by atoms with Crippen LogP contribution in [-0.2, 0) is 14.3 Å². The van der Waals surface area contributed by atoms with Crippen molar-refractivity contribution in [2.75, 3.05) is 6.61 Å². The molecular formula is C10H11NO6. The second kappa shape index (κ2) is 7.80. The van der Waals surface area contributed by atoms with E-state index in [9.17, 15) is 4.79 Å². The molecule has 0 saturated heterocycles. The van der Waals surface area contributed by atoms with Gasteiger partial charge in [-0.15, -0.1) is 0 Å². The molecule has 1 heterocycles. The number of ether oxygens (including phenoxy) is 1. The van der Waals surface area contributed by atoms with Gasteiger partial charge in [-0.1, -0.05) is 6.07 Å². The van der Waals surface area contributed by atoms with E-state index in [2.05, 4.69) is 4.98 Å². The lowest BCUT2D eigenvalue weighted by atomic mass is 10.4. The standard InChI is InChI=1S/C8H9NO2.C2H2O4/c1-2-11-8(10)7-5-3-4-6-9-7;3-1(4)2(5)6/h3-6H,2H2,1H3;(H,3,4)(H,5,6)/i9+1;. The largest absolute Gasteiger partial charge is 0.473 e. The molecule has 0 unspecified atom stereocenters. The Labute approximate surface area is 96.7 Å². The Balaban J connectivity index is 0.000000366. The topological polar surface area (TPSA) is 114 Å². The summed E-state index contributed by atoms with van der Waals surface area (Å²) < 4.78 is 4.73. The van der Waals surface area contributed by atoms with Crippen molar-refractivity contribution in [2.45, 2.75) is 6.92 Å². The molecule has 1 aromatic rings. The van der Waals surface area contributed by atoms with E-state index < -0.39 is 11.9 Å². The van der Waals surface area contributed by atoms with Gasteiger partial charge in [-0.3, -0.25) is 0 Å². The van der Waals surface area contributed by atoms with Crippen molar-refractivity contribution in [3.8, 4) is 0 Å². The van der Waals surface area contributed by atoms with E-state index in [0.717, 1.165) is 0 Å². The molecule has 0 atom stereocenters. The van der Waals surface area contributed by atoms with E-state index in [1.165, 1.54) is 0 Å². The van der Waals surface area contributed by atoms with Crippen LogP contribution in [0.5, 0.6) is 0 Å². The molecule has 0 bridgehead atoms. The highest BCUT2D eigenvalue weighted by Gasteiger charge is 2.04. The van der Waals surface area contributed by atoms with Crippen LogP contribution in [-0.4, -0.2) is 39.7 Å². The first kappa shape index (κ1) is 14.6. The SMILES string of the molecule is CCOC(=O)c1cccc[15n]1.O=C(O)C(=O)O. The Hall–Kier alpha value is -2.44. The molecule has 1 aromatic heterocycles. The van der Waals surface area contributed by atoms with Crippen LogP contribution in [0.3, 0.4) is 0 Å².